The summed E-state index contributed by atoms with van der Waals surface area (Å²) in [4.78, 5) is 11.8. The average Bonchev–Trinajstić information content (AvgIpc) is 2.35. The Bertz CT molecular complexity index is 433. The first-order chi connectivity index (χ1) is 8.65. The van der Waals surface area contributed by atoms with Crippen molar-refractivity contribution in [2.24, 2.45) is 5.92 Å². The number of anilines is 1. The number of hydrogen-bond acceptors (Lipinski definition) is 2. The highest BCUT2D eigenvalue weighted by Gasteiger charge is 2.16. The second kappa shape index (κ2) is 6.16. The lowest BCUT2D eigenvalue weighted by atomic mass is 9.94. The molecule has 0 spiro atoms. The van der Waals surface area contributed by atoms with Gasteiger partial charge in [-0.3, -0.25) is 4.79 Å². The van der Waals surface area contributed by atoms with Crippen molar-refractivity contribution in [1.29, 1.82) is 0 Å². The lowest BCUT2D eigenvalue weighted by Gasteiger charge is -2.21. The third-order valence-electron chi connectivity index (χ3n) is 3.14. The van der Waals surface area contributed by atoms with Crippen molar-refractivity contribution >= 4 is 23.2 Å². The van der Waals surface area contributed by atoms with Gasteiger partial charge < -0.3 is 10.6 Å². The predicted octanol–water partition coefficient (Wildman–Crippen LogP) is 2.81. The Kier molecular flexibility index (Phi) is 4.55. The SMILES string of the molecule is O=C(CC1CCNCC1)Nc1ccc(Cl)c(F)c1. The van der Waals surface area contributed by atoms with Gasteiger partial charge in [0, 0.05) is 12.1 Å². The maximum Gasteiger partial charge on any atom is 0.224 e. The molecule has 1 aliphatic heterocycles. The number of carbonyl (C=O) groups excluding carboxylic acids is 1. The maximum atomic E-state index is 13.2. The van der Waals surface area contributed by atoms with Gasteiger partial charge >= 0.3 is 0 Å². The van der Waals surface area contributed by atoms with Crippen LogP contribution in [-0.2, 0) is 4.79 Å². The minimum absolute atomic E-state index is 0.0614. The van der Waals surface area contributed by atoms with Crippen molar-refractivity contribution in [3.8, 4) is 0 Å². The summed E-state index contributed by atoms with van der Waals surface area (Å²) in [6.07, 6.45) is 2.52. The molecule has 2 rings (SSSR count). The highest BCUT2D eigenvalue weighted by molar-refractivity contribution is 6.30. The van der Waals surface area contributed by atoms with Crippen molar-refractivity contribution in [2.75, 3.05) is 18.4 Å². The molecule has 0 saturated carbocycles. The molecule has 1 saturated heterocycles. The third-order valence-corrected chi connectivity index (χ3v) is 3.44. The molecule has 1 aliphatic rings. The summed E-state index contributed by atoms with van der Waals surface area (Å²) in [5.41, 5.74) is 0.454. The molecule has 1 heterocycles. The van der Waals surface area contributed by atoms with Crippen LogP contribution in [0.5, 0.6) is 0 Å². The van der Waals surface area contributed by atoms with Gasteiger partial charge in [0.05, 0.1) is 5.02 Å². The topological polar surface area (TPSA) is 41.1 Å². The third kappa shape index (κ3) is 3.68. The smallest absolute Gasteiger partial charge is 0.224 e. The highest BCUT2D eigenvalue weighted by atomic mass is 35.5. The molecule has 1 aromatic carbocycles. The van der Waals surface area contributed by atoms with E-state index in [2.05, 4.69) is 10.6 Å². The first-order valence-corrected chi connectivity index (χ1v) is 6.48. The molecule has 0 atom stereocenters. The molecule has 0 aromatic heterocycles. The number of rotatable bonds is 3. The van der Waals surface area contributed by atoms with E-state index >= 15 is 0 Å². The van der Waals surface area contributed by atoms with Crippen LogP contribution in [0.15, 0.2) is 18.2 Å². The average molecular weight is 271 g/mol. The molecule has 0 bridgehead atoms. The molecule has 0 radical (unpaired) electrons. The van der Waals surface area contributed by atoms with Crippen molar-refractivity contribution < 1.29 is 9.18 Å². The molecular formula is C13H16ClFN2O. The van der Waals surface area contributed by atoms with Gasteiger partial charge in [0.2, 0.25) is 5.91 Å². The fraction of sp³-hybridized carbons (Fsp3) is 0.462. The Hall–Kier alpha value is -1.13. The van der Waals surface area contributed by atoms with Gasteiger partial charge in [-0.15, -0.1) is 0 Å². The van der Waals surface area contributed by atoms with Gasteiger partial charge in [-0.25, -0.2) is 4.39 Å². The molecule has 1 aromatic rings. The summed E-state index contributed by atoms with van der Waals surface area (Å²) in [6.45, 7) is 1.93. The van der Waals surface area contributed by atoms with Crippen molar-refractivity contribution in [3.05, 3.63) is 29.0 Å². The second-order valence-electron chi connectivity index (χ2n) is 4.57. The Morgan fingerprint density at radius 3 is 2.83 bits per heavy atom. The summed E-state index contributed by atoms with van der Waals surface area (Å²) < 4.78 is 13.2. The first-order valence-electron chi connectivity index (χ1n) is 6.11. The van der Waals surface area contributed by atoms with E-state index in [9.17, 15) is 9.18 Å². The highest BCUT2D eigenvalue weighted by Crippen LogP contribution is 2.20. The van der Waals surface area contributed by atoms with Crippen LogP contribution < -0.4 is 10.6 Å². The van der Waals surface area contributed by atoms with Gasteiger partial charge in [-0.2, -0.15) is 0 Å². The van der Waals surface area contributed by atoms with E-state index in [0.717, 1.165) is 25.9 Å². The van der Waals surface area contributed by atoms with Crippen molar-refractivity contribution in [1.82, 2.24) is 5.32 Å². The summed E-state index contributed by atoms with van der Waals surface area (Å²) >= 11 is 5.58. The Morgan fingerprint density at radius 2 is 2.17 bits per heavy atom. The van der Waals surface area contributed by atoms with Gasteiger partial charge in [0.25, 0.3) is 0 Å². The zero-order valence-corrected chi connectivity index (χ0v) is 10.8. The molecule has 1 amide bonds. The fourth-order valence-corrected chi connectivity index (χ4v) is 2.25. The van der Waals surface area contributed by atoms with E-state index in [1.54, 1.807) is 6.07 Å². The molecular weight excluding hydrogens is 255 g/mol. The summed E-state index contributed by atoms with van der Waals surface area (Å²) in [6, 6.07) is 4.28. The van der Waals surface area contributed by atoms with Crippen molar-refractivity contribution in [2.45, 2.75) is 19.3 Å². The van der Waals surface area contributed by atoms with E-state index in [1.807, 2.05) is 0 Å². The minimum atomic E-state index is -0.517. The van der Waals surface area contributed by atoms with Crippen LogP contribution >= 0.6 is 11.6 Å². The monoisotopic (exact) mass is 270 g/mol. The normalized spacial score (nSPS) is 16.6. The number of benzene rings is 1. The minimum Gasteiger partial charge on any atom is -0.326 e. The van der Waals surface area contributed by atoms with Crippen LogP contribution in [0.1, 0.15) is 19.3 Å². The standard InChI is InChI=1S/C13H16ClFN2O/c14-11-2-1-10(8-12(11)15)17-13(18)7-9-3-5-16-6-4-9/h1-2,8-9,16H,3-7H2,(H,17,18). The lowest BCUT2D eigenvalue weighted by Crippen LogP contribution is -2.30. The van der Waals surface area contributed by atoms with Crippen molar-refractivity contribution in [3.63, 3.8) is 0 Å². The molecule has 18 heavy (non-hydrogen) atoms. The Balaban J connectivity index is 1.88. The summed E-state index contributed by atoms with van der Waals surface area (Å²) in [5.74, 6) is -0.164. The zero-order valence-electron chi connectivity index (χ0n) is 10.0. The molecule has 0 unspecified atom stereocenters. The molecule has 98 valence electrons. The predicted molar refractivity (Wildman–Crippen MR) is 70.3 cm³/mol. The van der Waals surface area contributed by atoms with Gasteiger partial charge in [-0.1, -0.05) is 11.6 Å². The first kappa shape index (κ1) is 13.3. The lowest BCUT2D eigenvalue weighted by molar-refractivity contribution is -0.117. The van der Waals surface area contributed by atoms with Crippen LogP contribution in [0.3, 0.4) is 0 Å². The molecule has 5 heteroatoms. The number of nitrogens with one attached hydrogen (secondary N) is 2. The van der Waals surface area contributed by atoms with Crippen LogP contribution in [0, 0.1) is 11.7 Å². The summed E-state index contributed by atoms with van der Waals surface area (Å²) in [5, 5.41) is 6.02. The van der Waals surface area contributed by atoms with Crippen LogP contribution in [-0.4, -0.2) is 19.0 Å². The van der Waals surface area contributed by atoms with Crippen LogP contribution in [0.2, 0.25) is 5.02 Å². The van der Waals surface area contributed by atoms with E-state index in [0.29, 0.717) is 18.0 Å². The van der Waals surface area contributed by atoms with Crippen LogP contribution in [0.25, 0.3) is 0 Å². The molecule has 3 nitrogen and oxygen atoms in total. The Morgan fingerprint density at radius 1 is 1.44 bits per heavy atom. The van der Waals surface area contributed by atoms with Gasteiger partial charge in [0.15, 0.2) is 0 Å². The van der Waals surface area contributed by atoms with E-state index < -0.39 is 5.82 Å². The number of carbonyl (C=O) groups is 1. The molecule has 2 N–H and O–H groups in total. The van der Waals surface area contributed by atoms with E-state index in [4.69, 9.17) is 11.6 Å². The van der Waals surface area contributed by atoms with Gasteiger partial charge in [-0.05, 0) is 50.0 Å². The van der Waals surface area contributed by atoms with Crippen LogP contribution in [0.4, 0.5) is 10.1 Å². The quantitative estimate of drug-likeness (QED) is 0.887. The zero-order chi connectivity index (χ0) is 13.0. The van der Waals surface area contributed by atoms with Gasteiger partial charge in [0.1, 0.15) is 5.82 Å². The second-order valence-corrected chi connectivity index (χ2v) is 4.98. The largest absolute Gasteiger partial charge is 0.326 e. The number of amides is 1. The molecule has 1 fully saturated rings. The number of halogens is 2. The summed E-state index contributed by atoms with van der Waals surface area (Å²) in [7, 11) is 0. The van der Waals surface area contributed by atoms with E-state index in [-0.39, 0.29) is 10.9 Å². The Labute approximate surface area is 111 Å². The van der Waals surface area contributed by atoms with E-state index in [1.165, 1.54) is 12.1 Å². The molecule has 0 aliphatic carbocycles. The maximum absolute atomic E-state index is 13.2. The number of piperidine rings is 1. The number of hydrogen-bond donors (Lipinski definition) is 2. The fourth-order valence-electron chi connectivity index (χ4n) is 2.13.